The molecular formula is C22H21BrClFN4O3. The van der Waals surface area contributed by atoms with Crippen molar-refractivity contribution in [1.29, 1.82) is 0 Å². The Morgan fingerprint density at radius 1 is 1.31 bits per heavy atom. The molecule has 0 unspecified atom stereocenters. The van der Waals surface area contributed by atoms with E-state index in [1.165, 1.54) is 25.5 Å². The number of halogens is 3. The van der Waals surface area contributed by atoms with E-state index >= 15 is 0 Å². The van der Waals surface area contributed by atoms with Gasteiger partial charge in [-0.05, 0) is 65.7 Å². The number of aryl methyl sites for hydroxylation is 1. The number of rotatable bonds is 8. The van der Waals surface area contributed by atoms with E-state index in [0.717, 1.165) is 15.9 Å². The number of nitrogens with zero attached hydrogens (tertiary/aromatic N) is 3. The molecule has 0 saturated heterocycles. The van der Waals surface area contributed by atoms with E-state index < -0.39 is 5.82 Å². The summed E-state index contributed by atoms with van der Waals surface area (Å²) in [6, 6.07) is 9.54. The SMILES string of the molecule is COc1cc(C=NNC(=O)Cn2nc(C)c(Br)c2C)ccc1OCc1c(F)cccc1Cl. The van der Waals surface area contributed by atoms with E-state index in [4.69, 9.17) is 21.1 Å². The molecule has 0 radical (unpaired) electrons. The van der Waals surface area contributed by atoms with E-state index in [0.29, 0.717) is 17.1 Å². The quantitative estimate of drug-likeness (QED) is 0.340. The molecule has 7 nitrogen and oxygen atoms in total. The molecule has 10 heteroatoms. The second-order valence-electron chi connectivity index (χ2n) is 6.83. The number of hydrazone groups is 1. The van der Waals surface area contributed by atoms with E-state index in [2.05, 4.69) is 31.6 Å². The highest BCUT2D eigenvalue weighted by Gasteiger charge is 2.12. The molecule has 3 rings (SSSR count). The molecule has 1 aromatic heterocycles. The molecule has 3 aromatic rings. The highest BCUT2D eigenvalue weighted by Crippen LogP contribution is 2.29. The van der Waals surface area contributed by atoms with Crippen LogP contribution in [0.1, 0.15) is 22.5 Å². The van der Waals surface area contributed by atoms with E-state index in [1.807, 2.05) is 13.8 Å². The average molecular weight is 524 g/mol. The van der Waals surface area contributed by atoms with Gasteiger partial charge < -0.3 is 9.47 Å². The summed E-state index contributed by atoms with van der Waals surface area (Å²) >= 11 is 9.47. The van der Waals surface area contributed by atoms with Crippen molar-refractivity contribution in [1.82, 2.24) is 15.2 Å². The van der Waals surface area contributed by atoms with Gasteiger partial charge in [0.2, 0.25) is 0 Å². The van der Waals surface area contributed by atoms with Crippen molar-refractivity contribution in [2.24, 2.45) is 5.10 Å². The standard InChI is InChI=1S/C22H21BrClFN4O3/c1-13-22(23)14(2)29(28-13)11-21(30)27-26-10-15-7-8-19(20(9-15)31-3)32-12-16-17(24)5-4-6-18(16)25/h4-10H,11-12H2,1-3H3,(H,27,30). The van der Waals surface area contributed by atoms with Gasteiger partial charge in [-0.2, -0.15) is 10.2 Å². The molecule has 0 saturated carbocycles. The van der Waals surface area contributed by atoms with Crippen molar-refractivity contribution >= 4 is 39.7 Å². The Balaban J connectivity index is 1.62. The van der Waals surface area contributed by atoms with Gasteiger partial charge in [0.15, 0.2) is 11.5 Å². The molecule has 0 aliphatic rings. The first-order chi connectivity index (χ1) is 15.3. The summed E-state index contributed by atoms with van der Waals surface area (Å²) in [6.45, 7) is 3.73. The van der Waals surface area contributed by atoms with Crippen LogP contribution < -0.4 is 14.9 Å². The molecule has 0 aliphatic heterocycles. The number of aromatic nitrogens is 2. The third-order valence-electron chi connectivity index (χ3n) is 4.61. The number of carbonyl (C=O) groups excluding carboxylic acids is 1. The molecule has 168 valence electrons. The van der Waals surface area contributed by atoms with Crippen molar-refractivity contribution < 1.29 is 18.7 Å². The minimum Gasteiger partial charge on any atom is -0.493 e. The molecule has 1 amide bonds. The number of methoxy groups -OCH3 is 1. The number of benzene rings is 2. The second kappa shape index (κ2) is 10.6. The van der Waals surface area contributed by atoms with Crippen molar-refractivity contribution in [3.63, 3.8) is 0 Å². The Bertz CT molecular complexity index is 1150. The zero-order valence-corrected chi connectivity index (χ0v) is 20.0. The number of amides is 1. The highest BCUT2D eigenvalue weighted by atomic mass is 79.9. The lowest BCUT2D eigenvalue weighted by atomic mass is 10.2. The maximum atomic E-state index is 13.9. The first kappa shape index (κ1) is 23.7. The molecule has 0 atom stereocenters. The molecule has 32 heavy (non-hydrogen) atoms. The molecule has 2 aromatic carbocycles. The number of nitrogens with one attached hydrogen (secondary N) is 1. The van der Waals surface area contributed by atoms with Gasteiger partial charge in [-0.1, -0.05) is 17.7 Å². The van der Waals surface area contributed by atoms with Crippen LogP contribution in [0.3, 0.4) is 0 Å². The van der Waals surface area contributed by atoms with Crippen molar-refractivity contribution in [3.05, 3.63) is 74.2 Å². The van der Waals surface area contributed by atoms with Gasteiger partial charge in [0, 0.05) is 5.56 Å². The topological polar surface area (TPSA) is 77.7 Å². The summed E-state index contributed by atoms with van der Waals surface area (Å²) in [5, 5.41) is 8.56. The fourth-order valence-corrected chi connectivity index (χ4v) is 3.38. The van der Waals surface area contributed by atoms with E-state index in [1.54, 1.807) is 28.9 Å². The Labute approximate surface area is 198 Å². The third kappa shape index (κ3) is 5.66. The van der Waals surface area contributed by atoms with E-state index in [9.17, 15) is 9.18 Å². The summed E-state index contributed by atoms with van der Waals surface area (Å²) in [4.78, 5) is 12.1. The van der Waals surface area contributed by atoms with Crippen LogP contribution >= 0.6 is 27.5 Å². The number of hydrogen-bond donors (Lipinski definition) is 1. The first-order valence-electron chi connectivity index (χ1n) is 9.55. The highest BCUT2D eigenvalue weighted by molar-refractivity contribution is 9.10. The van der Waals surface area contributed by atoms with Gasteiger partial charge in [-0.15, -0.1) is 0 Å². The maximum absolute atomic E-state index is 13.9. The zero-order valence-electron chi connectivity index (χ0n) is 17.7. The summed E-state index contributed by atoms with van der Waals surface area (Å²) in [7, 11) is 1.49. The monoisotopic (exact) mass is 522 g/mol. The number of ether oxygens (including phenoxy) is 2. The molecule has 0 aliphatic carbocycles. The Morgan fingerprint density at radius 2 is 2.09 bits per heavy atom. The van der Waals surface area contributed by atoms with E-state index in [-0.39, 0.29) is 29.6 Å². The zero-order chi connectivity index (χ0) is 23.3. The van der Waals surface area contributed by atoms with Crippen LogP contribution in [0.5, 0.6) is 11.5 Å². The van der Waals surface area contributed by atoms with Gasteiger partial charge in [0.05, 0.1) is 34.2 Å². The molecule has 1 heterocycles. The lowest BCUT2D eigenvalue weighted by Gasteiger charge is -2.12. The minimum atomic E-state index is -0.441. The molecule has 1 N–H and O–H groups in total. The smallest absolute Gasteiger partial charge is 0.261 e. The van der Waals surface area contributed by atoms with Crippen LogP contribution in [0, 0.1) is 19.7 Å². The Hall–Kier alpha value is -2.91. The Kier molecular flexibility index (Phi) is 7.87. The maximum Gasteiger partial charge on any atom is 0.261 e. The number of carbonyl (C=O) groups is 1. The van der Waals surface area contributed by atoms with Crippen LogP contribution in [-0.4, -0.2) is 29.0 Å². The van der Waals surface area contributed by atoms with Crippen LogP contribution in [0.4, 0.5) is 4.39 Å². The van der Waals surface area contributed by atoms with Gasteiger partial charge in [-0.3, -0.25) is 9.48 Å². The molecule has 0 spiro atoms. The number of hydrogen-bond acceptors (Lipinski definition) is 5. The largest absolute Gasteiger partial charge is 0.493 e. The molecule has 0 fully saturated rings. The molecular weight excluding hydrogens is 503 g/mol. The summed E-state index contributed by atoms with van der Waals surface area (Å²) in [5.74, 6) is 0.0974. The van der Waals surface area contributed by atoms with Gasteiger partial charge in [-0.25, -0.2) is 9.82 Å². The molecule has 0 bridgehead atoms. The lowest BCUT2D eigenvalue weighted by molar-refractivity contribution is -0.121. The normalized spacial score (nSPS) is 11.1. The third-order valence-corrected chi connectivity index (χ3v) is 6.11. The van der Waals surface area contributed by atoms with Crippen molar-refractivity contribution in [2.45, 2.75) is 27.0 Å². The fourth-order valence-electron chi connectivity index (χ4n) is 2.88. The summed E-state index contributed by atoms with van der Waals surface area (Å²) in [6.07, 6.45) is 1.48. The van der Waals surface area contributed by atoms with Gasteiger partial charge in [0.25, 0.3) is 5.91 Å². The van der Waals surface area contributed by atoms with Crippen LogP contribution in [0.25, 0.3) is 0 Å². The van der Waals surface area contributed by atoms with Gasteiger partial charge in [0.1, 0.15) is 19.0 Å². The Morgan fingerprint density at radius 3 is 2.75 bits per heavy atom. The minimum absolute atomic E-state index is 0.0459. The van der Waals surface area contributed by atoms with Crippen LogP contribution in [-0.2, 0) is 17.9 Å². The van der Waals surface area contributed by atoms with Crippen molar-refractivity contribution in [2.75, 3.05) is 7.11 Å². The van der Waals surface area contributed by atoms with Crippen molar-refractivity contribution in [3.8, 4) is 11.5 Å². The average Bonchev–Trinajstić information content (AvgIpc) is 3.00. The van der Waals surface area contributed by atoms with Crippen LogP contribution in [0.2, 0.25) is 5.02 Å². The first-order valence-corrected chi connectivity index (χ1v) is 10.7. The van der Waals surface area contributed by atoms with Crippen LogP contribution in [0.15, 0.2) is 46.0 Å². The second-order valence-corrected chi connectivity index (χ2v) is 8.04. The predicted molar refractivity (Wildman–Crippen MR) is 124 cm³/mol. The summed E-state index contributed by atoms with van der Waals surface area (Å²) < 4.78 is 27.4. The fraction of sp³-hybridized carbons (Fsp3) is 0.227. The predicted octanol–water partition coefficient (Wildman–Crippen LogP) is 4.79. The summed E-state index contributed by atoms with van der Waals surface area (Å²) in [5.41, 5.74) is 5.08. The lowest BCUT2D eigenvalue weighted by Crippen LogP contribution is -2.24. The van der Waals surface area contributed by atoms with Gasteiger partial charge >= 0.3 is 0 Å².